The van der Waals surface area contributed by atoms with Crippen molar-refractivity contribution in [3.05, 3.63) is 65.7 Å². The predicted molar refractivity (Wildman–Crippen MR) is 124 cm³/mol. The van der Waals surface area contributed by atoms with Crippen molar-refractivity contribution < 1.29 is 18.3 Å². The van der Waals surface area contributed by atoms with Crippen LogP contribution in [0.25, 0.3) is 0 Å². The third kappa shape index (κ3) is 8.93. The molecule has 2 rings (SSSR count). The van der Waals surface area contributed by atoms with Gasteiger partial charge in [0.25, 0.3) is 0 Å². The van der Waals surface area contributed by atoms with E-state index in [9.17, 15) is 13.6 Å². The average Bonchev–Trinajstić information content (AvgIpc) is 2.69. The zero-order valence-corrected chi connectivity index (χ0v) is 19.5. The van der Waals surface area contributed by atoms with Crippen molar-refractivity contribution in [2.45, 2.75) is 19.7 Å². The number of hydrogen-bond acceptors (Lipinski definition) is 3. The second-order valence-electron chi connectivity index (χ2n) is 6.65. The van der Waals surface area contributed by atoms with Crippen LogP contribution in [-0.4, -0.2) is 56.0 Å². The Morgan fingerprint density at radius 1 is 1.03 bits per heavy atom. The Balaban J connectivity index is 0.00000450. The fraction of sp³-hybridized carbons (Fsp3) is 0.333. The summed E-state index contributed by atoms with van der Waals surface area (Å²) in [4.78, 5) is 19.9. The first-order valence-electron chi connectivity index (χ1n) is 9.12. The molecule has 0 fully saturated rings. The minimum Gasteiger partial charge on any atom is -0.435 e. The summed E-state index contributed by atoms with van der Waals surface area (Å²) in [5.74, 6) is 0.607. The van der Waals surface area contributed by atoms with Crippen molar-refractivity contribution in [2.75, 3.05) is 27.7 Å². The summed E-state index contributed by atoms with van der Waals surface area (Å²) >= 11 is 0. The van der Waals surface area contributed by atoms with E-state index in [-0.39, 0.29) is 42.2 Å². The molecule has 0 radical (unpaired) electrons. The van der Waals surface area contributed by atoms with Crippen LogP contribution in [0.3, 0.4) is 0 Å². The van der Waals surface area contributed by atoms with Crippen LogP contribution < -0.4 is 10.1 Å². The number of aliphatic imine (C=N–C) groups is 1. The number of rotatable bonds is 8. The van der Waals surface area contributed by atoms with Gasteiger partial charge in [0.05, 0.1) is 13.1 Å². The van der Waals surface area contributed by atoms with Gasteiger partial charge in [-0.05, 0) is 23.3 Å². The summed E-state index contributed by atoms with van der Waals surface area (Å²) in [7, 11) is 5.23. The first kappa shape index (κ1) is 25.6. The lowest BCUT2D eigenvalue weighted by Crippen LogP contribution is -2.43. The van der Waals surface area contributed by atoms with Gasteiger partial charge in [-0.25, -0.2) is 4.99 Å². The summed E-state index contributed by atoms with van der Waals surface area (Å²) < 4.78 is 28.9. The first-order valence-corrected chi connectivity index (χ1v) is 9.12. The number of amides is 1. The Kier molecular flexibility index (Phi) is 11.1. The van der Waals surface area contributed by atoms with Crippen LogP contribution in [0, 0.1) is 0 Å². The van der Waals surface area contributed by atoms with Crippen LogP contribution in [0.15, 0.2) is 59.6 Å². The molecular formula is C21H27F2IN4O2. The Labute approximate surface area is 192 Å². The Bertz CT molecular complexity index is 802. The van der Waals surface area contributed by atoms with E-state index in [1.165, 1.54) is 17.0 Å². The van der Waals surface area contributed by atoms with Gasteiger partial charge in [0, 0.05) is 27.7 Å². The smallest absolute Gasteiger partial charge is 0.387 e. The zero-order valence-electron chi connectivity index (χ0n) is 17.2. The van der Waals surface area contributed by atoms with Crippen molar-refractivity contribution in [3.63, 3.8) is 0 Å². The number of carbonyl (C=O) groups is 1. The molecule has 0 saturated carbocycles. The van der Waals surface area contributed by atoms with Crippen molar-refractivity contribution in [1.29, 1.82) is 0 Å². The Morgan fingerprint density at radius 2 is 1.67 bits per heavy atom. The van der Waals surface area contributed by atoms with Crippen LogP contribution in [0.2, 0.25) is 0 Å². The molecule has 0 aliphatic carbocycles. The van der Waals surface area contributed by atoms with Gasteiger partial charge in [0.15, 0.2) is 5.96 Å². The van der Waals surface area contributed by atoms with Gasteiger partial charge in [-0.15, -0.1) is 24.0 Å². The third-order valence-corrected chi connectivity index (χ3v) is 4.08. The quantitative estimate of drug-likeness (QED) is 0.321. The number of carbonyl (C=O) groups excluding carboxylic acids is 1. The minimum atomic E-state index is -2.85. The molecule has 164 valence electrons. The number of guanidine groups is 1. The predicted octanol–water partition coefficient (Wildman–Crippen LogP) is 3.57. The standard InChI is InChI=1S/C21H26F2N4O2.HI/c1-26(2)19(28)14-25-21(24-13-16-7-5-4-6-8-16)27(3)15-17-9-11-18(12-10-17)29-20(22)23;/h4-12,20H,13-15H2,1-3H3,(H,24,25);1H. The van der Waals surface area contributed by atoms with Gasteiger partial charge < -0.3 is 19.9 Å². The second-order valence-corrected chi connectivity index (χ2v) is 6.65. The zero-order chi connectivity index (χ0) is 21.2. The molecule has 30 heavy (non-hydrogen) atoms. The lowest BCUT2D eigenvalue weighted by atomic mass is 10.2. The number of likely N-dealkylation sites (N-methyl/N-ethyl adjacent to an activating group) is 1. The number of alkyl halides is 2. The van der Waals surface area contributed by atoms with Gasteiger partial charge in [0.2, 0.25) is 5.91 Å². The molecule has 1 N–H and O–H groups in total. The first-order chi connectivity index (χ1) is 13.8. The van der Waals surface area contributed by atoms with Gasteiger partial charge in [-0.3, -0.25) is 4.79 Å². The number of nitrogens with one attached hydrogen (secondary N) is 1. The van der Waals surface area contributed by atoms with Crippen molar-refractivity contribution in [2.24, 2.45) is 4.99 Å². The SMILES string of the molecule is CN(C)C(=O)CNC(=NCc1ccccc1)N(C)Cc1ccc(OC(F)F)cc1.I. The highest BCUT2D eigenvalue weighted by atomic mass is 127. The summed E-state index contributed by atoms with van der Waals surface area (Å²) in [6.45, 7) is -1.79. The van der Waals surface area contributed by atoms with Crippen molar-refractivity contribution in [3.8, 4) is 5.75 Å². The van der Waals surface area contributed by atoms with Crippen LogP contribution >= 0.6 is 24.0 Å². The molecule has 9 heteroatoms. The number of ether oxygens (including phenoxy) is 1. The van der Waals surface area contributed by atoms with Gasteiger partial charge in [-0.2, -0.15) is 8.78 Å². The second kappa shape index (κ2) is 13.0. The van der Waals surface area contributed by atoms with E-state index in [1.807, 2.05) is 42.3 Å². The van der Waals surface area contributed by atoms with E-state index in [2.05, 4.69) is 15.0 Å². The highest BCUT2D eigenvalue weighted by molar-refractivity contribution is 14.0. The van der Waals surface area contributed by atoms with Crippen LogP contribution in [0.1, 0.15) is 11.1 Å². The lowest BCUT2D eigenvalue weighted by molar-refractivity contribution is -0.127. The van der Waals surface area contributed by atoms with Crippen LogP contribution in [0.4, 0.5) is 8.78 Å². The van der Waals surface area contributed by atoms with E-state index < -0.39 is 6.61 Å². The number of hydrogen-bond donors (Lipinski definition) is 1. The maximum absolute atomic E-state index is 12.3. The van der Waals surface area contributed by atoms with E-state index in [0.29, 0.717) is 19.0 Å². The fourth-order valence-corrected chi connectivity index (χ4v) is 2.50. The molecule has 0 aliphatic rings. The van der Waals surface area contributed by atoms with E-state index in [1.54, 1.807) is 26.2 Å². The maximum Gasteiger partial charge on any atom is 0.387 e. The van der Waals surface area contributed by atoms with Crippen LogP contribution in [-0.2, 0) is 17.9 Å². The molecule has 0 aromatic heterocycles. The Morgan fingerprint density at radius 3 is 2.23 bits per heavy atom. The van der Waals surface area contributed by atoms with Gasteiger partial charge in [-0.1, -0.05) is 42.5 Å². The minimum absolute atomic E-state index is 0. The summed E-state index contributed by atoms with van der Waals surface area (Å²) in [5, 5.41) is 3.09. The molecule has 1 amide bonds. The number of nitrogens with zero attached hydrogens (tertiary/aromatic N) is 3. The topological polar surface area (TPSA) is 57.2 Å². The molecule has 2 aromatic rings. The summed E-state index contributed by atoms with van der Waals surface area (Å²) in [6.07, 6.45) is 0. The summed E-state index contributed by atoms with van der Waals surface area (Å²) in [6, 6.07) is 16.2. The van der Waals surface area contributed by atoms with E-state index in [0.717, 1.165) is 11.1 Å². The maximum atomic E-state index is 12.3. The fourth-order valence-electron chi connectivity index (χ4n) is 2.50. The monoisotopic (exact) mass is 532 g/mol. The van der Waals surface area contributed by atoms with E-state index >= 15 is 0 Å². The van der Waals surface area contributed by atoms with Gasteiger partial charge in [0.1, 0.15) is 5.75 Å². The Hall–Kier alpha value is -2.43. The average molecular weight is 532 g/mol. The van der Waals surface area contributed by atoms with Crippen LogP contribution in [0.5, 0.6) is 5.75 Å². The summed E-state index contributed by atoms with van der Waals surface area (Å²) in [5.41, 5.74) is 1.94. The highest BCUT2D eigenvalue weighted by Gasteiger charge is 2.11. The molecule has 0 bridgehead atoms. The molecule has 0 heterocycles. The third-order valence-electron chi connectivity index (χ3n) is 4.08. The molecular weight excluding hydrogens is 505 g/mol. The van der Waals surface area contributed by atoms with E-state index in [4.69, 9.17) is 0 Å². The highest BCUT2D eigenvalue weighted by Crippen LogP contribution is 2.16. The molecule has 0 saturated heterocycles. The number of benzene rings is 2. The molecule has 6 nitrogen and oxygen atoms in total. The molecule has 0 aliphatic heterocycles. The molecule has 0 atom stereocenters. The molecule has 0 unspecified atom stereocenters. The largest absolute Gasteiger partial charge is 0.435 e. The lowest BCUT2D eigenvalue weighted by Gasteiger charge is -2.23. The number of halogens is 3. The van der Waals surface area contributed by atoms with Crippen molar-refractivity contribution >= 4 is 35.8 Å². The molecule has 2 aromatic carbocycles. The van der Waals surface area contributed by atoms with Crippen molar-refractivity contribution in [1.82, 2.24) is 15.1 Å². The molecule has 0 spiro atoms. The van der Waals surface area contributed by atoms with Gasteiger partial charge >= 0.3 is 6.61 Å². The normalized spacial score (nSPS) is 10.9.